The minimum atomic E-state index is -3.26. The molecule has 0 atom stereocenters. The van der Waals surface area contributed by atoms with Crippen molar-refractivity contribution in [2.45, 2.75) is 18.4 Å². The van der Waals surface area contributed by atoms with E-state index in [4.69, 9.17) is 0 Å². The van der Waals surface area contributed by atoms with Gasteiger partial charge < -0.3 is 4.90 Å². The second-order valence-electron chi connectivity index (χ2n) is 3.88. The van der Waals surface area contributed by atoms with Crippen LogP contribution in [0.2, 0.25) is 0 Å². The Balaban J connectivity index is 3.30. The van der Waals surface area contributed by atoms with Crippen LogP contribution in [0.15, 0.2) is 17.2 Å². The zero-order valence-corrected chi connectivity index (χ0v) is 10.9. The van der Waals surface area contributed by atoms with Gasteiger partial charge in [0.05, 0.1) is 0 Å². The fraction of sp³-hybridized carbons (Fsp3) is 0.455. The van der Waals surface area contributed by atoms with Crippen molar-refractivity contribution in [3.05, 3.63) is 24.1 Å². The molecule has 0 aliphatic carbocycles. The van der Waals surface area contributed by atoms with E-state index in [0.717, 1.165) is 12.0 Å². The normalized spacial score (nSPS) is 11.5. The van der Waals surface area contributed by atoms with Crippen molar-refractivity contribution in [3.8, 4) is 0 Å². The number of nitrogens with zero attached hydrogens (tertiary/aromatic N) is 2. The van der Waals surface area contributed by atoms with Gasteiger partial charge in [0.1, 0.15) is 5.82 Å². The van der Waals surface area contributed by atoms with Crippen molar-refractivity contribution in [1.29, 1.82) is 0 Å². The predicted molar refractivity (Wildman–Crippen MR) is 65.4 cm³/mol. The van der Waals surface area contributed by atoms with E-state index >= 15 is 0 Å². The Kier molecular flexibility index (Phi) is 3.91. The second-order valence-corrected chi connectivity index (χ2v) is 5.84. The lowest BCUT2D eigenvalue weighted by Gasteiger charge is -2.13. The van der Waals surface area contributed by atoms with Gasteiger partial charge in [-0.2, -0.15) is 0 Å². The smallest absolute Gasteiger partial charge is 0.192 e. The number of sulfone groups is 1. The first-order valence-corrected chi connectivity index (χ1v) is 6.96. The monoisotopic (exact) mass is 241 g/mol. The summed E-state index contributed by atoms with van der Waals surface area (Å²) in [7, 11) is 0.417. The highest BCUT2D eigenvalue weighted by Gasteiger charge is 2.12. The standard InChI is InChI=1S/C11H17N2O2S/c1-5-6-9-7-10(13(2)3)12-11(8-9)16(4,14)15/h6-8H,5H2,1-4H3. The molecule has 0 amide bonds. The van der Waals surface area contributed by atoms with Crippen molar-refractivity contribution in [2.24, 2.45) is 0 Å². The molecule has 89 valence electrons. The van der Waals surface area contributed by atoms with E-state index in [-0.39, 0.29) is 5.03 Å². The van der Waals surface area contributed by atoms with Crippen LogP contribution in [0.4, 0.5) is 5.82 Å². The van der Waals surface area contributed by atoms with Crippen LogP contribution in [0, 0.1) is 6.42 Å². The number of hydrogen-bond donors (Lipinski definition) is 0. The van der Waals surface area contributed by atoms with Crippen LogP contribution in [0.1, 0.15) is 18.9 Å². The third-order valence-electron chi connectivity index (χ3n) is 2.09. The van der Waals surface area contributed by atoms with Crippen LogP contribution < -0.4 is 4.90 Å². The number of hydrogen-bond acceptors (Lipinski definition) is 4. The van der Waals surface area contributed by atoms with Crippen molar-refractivity contribution in [2.75, 3.05) is 25.3 Å². The number of rotatable bonds is 4. The SMILES string of the molecule is CC[CH]c1cc(N(C)C)nc(S(C)(=O)=O)c1. The molecule has 1 rings (SSSR count). The maximum Gasteiger partial charge on any atom is 0.192 e. The van der Waals surface area contributed by atoms with E-state index in [1.807, 2.05) is 33.5 Å². The molecule has 0 aliphatic rings. The highest BCUT2D eigenvalue weighted by atomic mass is 32.2. The summed E-state index contributed by atoms with van der Waals surface area (Å²) in [4.78, 5) is 5.90. The van der Waals surface area contributed by atoms with Gasteiger partial charge in [0.15, 0.2) is 14.9 Å². The third-order valence-corrected chi connectivity index (χ3v) is 3.06. The minimum absolute atomic E-state index is 0.124. The zero-order chi connectivity index (χ0) is 12.3. The van der Waals surface area contributed by atoms with Crippen molar-refractivity contribution >= 4 is 15.7 Å². The van der Waals surface area contributed by atoms with E-state index in [1.165, 1.54) is 6.26 Å². The number of anilines is 1. The number of aromatic nitrogens is 1. The Morgan fingerprint density at radius 1 is 1.38 bits per heavy atom. The first-order chi connectivity index (χ1) is 7.34. The molecule has 0 aromatic carbocycles. The van der Waals surface area contributed by atoms with Crippen molar-refractivity contribution in [3.63, 3.8) is 0 Å². The molecule has 0 saturated carbocycles. The van der Waals surface area contributed by atoms with Crippen LogP contribution in [-0.2, 0) is 9.84 Å². The lowest BCUT2D eigenvalue weighted by Crippen LogP contribution is -2.13. The summed E-state index contributed by atoms with van der Waals surface area (Å²) in [6.07, 6.45) is 4.01. The van der Waals surface area contributed by atoms with Gasteiger partial charge in [0.25, 0.3) is 0 Å². The van der Waals surface area contributed by atoms with Gasteiger partial charge in [-0.1, -0.05) is 6.92 Å². The van der Waals surface area contributed by atoms with Gasteiger partial charge in [-0.05, 0) is 30.5 Å². The van der Waals surface area contributed by atoms with Crippen LogP contribution >= 0.6 is 0 Å². The van der Waals surface area contributed by atoms with Crippen LogP contribution in [0.3, 0.4) is 0 Å². The molecule has 0 unspecified atom stereocenters. The molecule has 5 heteroatoms. The van der Waals surface area contributed by atoms with Crippen LogP contribution in [-0.4, -0.2) is 33.8 Å². The second kappa shape index (κ2) is 4.82. The zero-order valence-electron chi connectivity index (χ0n) is 10.1. The average Bonchev–Trinajstić information content (AvgIpc) is 2.16. The van der Waals surface area contributed by atoms with Gasteiger partial charge >= 0.3 is 0 Å². The Morgan fingerprint density at radius 3 is 2.44 bits per heavy atom. The summed E-state index contributed by atoms with van der Waals surface area (Å²) in [6, 6.07) is 3.48. The van der Waals surface area contributed by atoms with Gasteiger partial charge in [-0.3, -0.25) is 0 Å². The average molecular weight is 241 g/mol. The van der Waals surface area contributed by atoms with Gasteiger partial charge in [0, 0.05) is 20.4 Å². The van der Waals surface area contributed by atoms with Crippen LogP contribution in [0.5, 0.6) is 0 Å². The summed E-state index contributed by atoms with van der Waals surface area (Å²) in [5.74, 6) is 0.655. The summed E-state index contributed by atoms with van der Waals surface area (Å²) >= 11 is 0. The quantitative estimate of drug-likeness (QED) is 0.802. The van der Waals surface area contributed by atoms with Crippen molar-refractivity contribution < 1.29 is 8.42 Å². The van der Waals surface area contributed by atoms with Crippen molar-refractivity contribution in [1.82, 2.24) is 4.98 Å². The Labute approximate surface area is 97.2 Å². The Hall–Kier alpha value is -1.10. The molecule has 1 aromatic rings. The summed E-state index contributed by atoms with van der Waals surface area (Å²) in [6.45, 7) is 2.01. The molecule has 0 bridgehead atoms. The predicted octanol–water partition coefficient (Wildman–Crippen LogP) is 1.51. The Bertz CT molecular complexity index is 467. The van der Waals surface area contributed by atoms with E-state index in [9.17, 15) is 8.42 Å². The molecule has 0 saturated heterocycles. The first-order valence-electron chi connectivity index (χ1n) is 5.07. The molecule has 16 heavy (non-hydrogen) atoms. The van der Waals surface area contributed by atoms with Gasteiger partial charge in [0.2, 0.25) is 0 Å². The molecule has 1 radical (unpaired) electrons. The first kappa shape index (κ1) is 13.0. The largest absolute Gasteiger partial charge is 0.363 e. The van der Waals surface area contributed by atoms with Gasteiger partial charge in [-0.25, -0.2) is 13.4 Å². The highest BCUT2D eigenvalue weighted by molar-refractivity contribution is 7.90. The van der Waals surface area contributed by atoms with Crippen LogP contribution in [0.25, 0.3) is 0 Å². The minimum Gasteiger partial charge on any atom is -0.363 e. The lowest BCUT2D eigenvalue weighted by molar-refractivity contribution is 0.598. The molecule has 4 nitrogen and oxygen atoms in total. The molecule has 0 aliphatic heterocycles. The summed E-state index contributed by atoms with van der Waals surface area (Å²) in [5.41, 5.74) is 0.890. The fourth-order valence-corrected chi connectivity index (χ4v) is 1.89. The topological polar surface area (TPSA) is 50.3 Å². The third kappa shape index (κ3) is 3.20. The van der Waals surface area contributed by atoms with E-state index in [2.05, 4.69) is 4.98 Å². The molecule has 0 N–H and O–H groups in total. The van der Waals surface area contributed by atoms with E-state index in [0.29, 0.717) is 5.82 Å². The maximum atomic E-state index is 11.5. The fourth-order valence-electron chi connectivity index (χ4n) is 1.28. The lowest BCUT2D eigenvalue weighted by atomic mass is 10.1. The highest BCUT2D eigenvalue weighted by Crippen LogP contribution is 2.18. The van der Waals surface area contributed by atoms with E-state index in [1.54, 1.807) is 11.0 Å². The molecule has 1 aromatic heterocycles. The maximum absolute atomic E-state index is 11.5. The Morgan fingerprint density at radius 2 is 2.00 bits per heavy atom. The molecule has 1 heterocycles. The summed E-state index contributed by atoms with van der Waals surface area (Å²) in [5, 5.41) is 0.124. The number of pyridine rings is 1. The molecule has 0 fully saturated rings. The molecule has 0 spiro atoms. The molecular weight excluding hydrogens is 224 g/mol. The van der Waals surface area contributed by atoms with Gasteiger partial charge in [-0.15, -0.1) is 0 Å². The molecular formula is C11H17N2O2S. The van der Waals surface area contributed by atoms with E-state index < -0.39 is 9.84 Å². The summed E-state index contributed by atoms with van der Waals surface area (Å²) < 4.78 is 22.9.